The summed E-state index contributed by atoms with van der Waals surface area (Å²) < 4.78 is 36.5. The quantitative estimate of drug-likeness (QED) is 0.533. The van der Waals surface area contributed by atoms with Crippen molar-refractivity contribution in [1.82, 2.24) is 4.90 Å². The summed E-state index contributed by atoms with van der Waals surface area (Å²) in [6.07, 6.45) is 0.468. The lowest BCUT2D eigenvalue weighted by Crippen LogP contribution is -2.38. The van der Waals surface area contributed by atoms with Crippen LogP contribution in [-0.4, -0.2) is 43.6 Å². The van der Waals surface area contributed by atoms with Crippen molar-refractivity contribution in [2.24, 2.45) is 0 Å². The Morgan fingerprint density at radius 2 is 1.97 bits per heavy atom. The normalized spacial score (nSPS) is 15.2. The van der Waals surface area contributed by atoms with E-state index >= 15 is 0 Å². The lowest BCUT2D eigenvalue weighted by Gasteiger charge is -2.33. The molecule has 3 rings (SSSR count). The van der Waals surface area contributed by atoms with Gasteiger partial charge in [-0.05, 0) is 48.9 Å². The van der Waals surface area contributed by atoms with Gasteiger partial charge in [0.1, 0.15) is 6.04 Å². The molecule has 1 aromatic carbocycles. The second-order valence-corrected chi connectivity index (χ2v) is 9.07. The molecule has 2 heterocycles. The fraction of sp³-hybridized carbons (Fsp3) is 0.421. The number of halogens is 1. The predicted octanol–water partition coefficient (Wildman–Crippen LogP) is 3.89. The molecule has 1 aliphatic heterocycles. The summed E-state index contributed by atoms with van der Waals surface area (Å²) >= 11 is 8.07. The van der Waals surface area contributed by atoms with Gasteiger partial charge in [-0.15, -0.1) is 11.3 Å². The van der Waals surface area contributed by atoms with Crippen LogP contribution >= 0.6 is 22.9 Å². The van der Waals surface area contributed by atoms with E-state index in [2.05, 4.69) is 20.5 Å². The van der Waals surface area contributed by atoms with Crippen molar-refractivity contribution < 1.29 is 26.7 Å². The number of methoxy groups -OCH3 is 1. The van der Waals surface area contributed by atoms with Crippen LogP contribution in [0.2, 0.25) is 5.02 Å². The van der Waals surface area contributed by atoms with Crippen LogP contribution in [-0.2, 0) is 37.1 Å². The highest BCUT2D eigenvalue weighted by molar-refractivity contribution is 7.80. The summed E-state index contributed by atoms with van der Waals surface area (Å²) in [7, 11) is -2.80. The van der Waals surface area contributed by atoms with Crippen LogP contribution in [0.1, 0.15) is 35.9 Å². The van der Waals surface area contributed by atoms with Crippen LogP contribution in [0.15, 0.2) is 35.7 Å². The lowest BCUT2D eigenvalue weighted by molar-refractivity contribution is -0.147. The Morgan fingerprint density at radius 3 is 2.52 bits per heavy atom. The minimum atomic E-state index is -4.22. The van der Waals surface area contributed by atoms with Crippen LogP contribution < -0.4 is 0 Å². The molecule has 7 nitrogen and oxygen atoms in total. The molecule has 1 aliphatic rings. The Hall–Kier alpha value is -1.49. The first-order valence-electron chi connectivity index (χ1n) is 8.89. The summed E-state index contributed by atoms with van der Waals surface area (Å²) in [5.74, 6) is -0.262. The van der Waals surface area contributed by atoms with Crippen molar-refractivity contribution in [2.45, 2.75) is 39.0 Å². The highest BCUT2D eigenvalue weighted by Gasteiger charge is 2.32. The molecule has 10 heteroatoms. The van der Waals surface area contributed by atoms with E-state index in [1.165, 1.54) is 31.4 Å². The number of nitrogens with zero attached hydrogens (tertiary/aromatic N) is 1. The Balaban J connectivity index is 0.000000321. The predicted molar refractivity (Wildman–Crippen MR) is 112 cm³/mol. The Bertz CT molecular complexity index is 928. The number of benzene rings is 1. The topological polar surface area (TPSA) is 93.1 Å². The largest absolute Gasteiger partial charge is 0.468 e. The van der Waals surface area contributed by atoms with Crippen molar-refractivity contribution >= 4 is 39.3 Å². The van der Waals surface area contributed by atoms with Gasteiger partial charge >= 0.3 is 16.4 Å². The van der Waals surface area contributed by atoms with Crippen LogP contribution in [0.5, 0.6) is 0 Å². The summed E-state index contributed by atoms with van der Waals surface area (Å²) in [5.41, 5.74) is 2.11. The van der Waals surface area contributed by atoms with Gasteiger partial charge in [0.15, 0.2) is 0 Å². The molecule has 0 unspecified atom stereocenters. The molecule has 0 saturated carbocycles. The SMILES string of the molecule is CC(C)OS(=O)(=O)O.COC(=O)[C@H](c1ccccc1Cl)N1CCc2sccc2C1. The van der Waals surface area contributed by atoms with Gasteiger partial charge in [-0.3, -0.25) is 9.45 Å². The number of carbonyl (C=O) groups is 1. The van der Waals surface area contributed by atoms with Gasteiger partial charge in [0.2, 0.25) is 0 Å². The number of hydrogen-bond donors (Lipinski definition) is 1. The molecule has 29 heavy (non-hydrogen) atoms. The molecule has 0 amide bonds. The maximum Gasteiger partial charge on any atom is 0.397 e. The summed E-state index contributed by atoms with van der Waals surface area (Å²) in [4.78, 5) is 15.8. The molecule has 0 radical (unpaired) electrons. The first kappa shape index (κ1) is 23.8. The first-order valence-corrected chi connectivity index (χ1v) is 11.5. The van der Waals surface area contributed by atoms with Gasteiger partial charge in [0, 0.05) is 23.0 Å². The average Bonchev–Trinajstić information content (AvgIpc) is 3.09. The van der Waals surface area contributed by atoms with E-state index in [1.807, 2.05) is 24.3 Å². The van der Waals surface area contributed by atoms with Gasteiger partial charge in [-0.25, -0.2) is 8.98 Å². The summed E-state index contributed by atoms with van der Waals surface area (Å²) in [6, 6.07) is 9.16. The molecule has 0 bridgehead atoms. The van der Waals surface area contributed by atoms with E-state index in [9.17, 15) is 13.2 Å². The highest BCUT2D eigenvalue weighted by Crippen LogP contribution is 2.33. The Morgan fingerprint density at radius 1 is 1.28 bits per heavy atom. The second-order valence-electron chi connectivity index (χ2n) is 6.61. The lowest BCUT2D eigenvalue weighted by atomic mass is 10.0. The number of thiophene rings is 1. The summed E-state index contributed by atoms with van der Waals surface area (Å²) in [5, 5.41) is 2.71. The van der Waals surface area contributed by atoms with Crippen LogP contribution in [0.3, 0.4) is 0 Å². The molecule has 1 N–H and O–H groups in total. The van der Waals surface area contributed by atoms with Crippen LogP contribution in [0.4, 0.5) is 0 Å². The molecular weight excluding hydrogens is 438 g/mol. The molecule has 2 aromatic rings. The molecule has 0 fully saturated rings. The first-order chi connectivity index (χ1) is 13.6. The van der Waals surface area contributed by atoms with E-state index in [4.69, 9.17) is 20.9 Å². The van der Waals surface area contributed by atoms with E-state index in [-0.39, 0.29) is 5.97 Å². The third kappa shape index (κ3) is 7.06. The van der Waals surface area contributed by atoms with E-state index in [0.29, 0.717) is 5.02 Å². The molecule has 0 spiro atoms. The number of ether oxygens (including phenoxy) is 1. The molecular formula is C19H24ClNO6S2. The zero-order valence-electron chi connectivity index (χ0n) is 16.4. The fourth-order valence-electron chi connectivity index (χ4n) is 3.02. The fourth-order valence-corrected chi connectivity index (χ4v) is 4.63. The van der Waals surface area contributed by atoms with Crippen molar-refractivity contribution in [3.63, 3.8) is 0 Å². The van der Waals surface area contributed by atoms with Gasteiger partial charge in [0.05, 0.1) is 13.2 Å². The van der Waals surface area contributed by atoms with Crippen molar-refractivity contribution in [3.8, 4) is 0 Å². The smallest absolute Gasteiger partial charge is 0.397 e. The number of carbonyl (C=O) groups excluding carboxylic acids is 1. The van der Waals surface area contributed by atoms with Gasteiger partial charge in [0.25, 0.3) is 0 Å². The summed E-state index contributed by atoms with van der Waals surface area (Å²) in [6.45, 7) is 4.60. The zero-order valence-corrected chi connectivity index (χ0v) is 18.8. The molecule has 160 valence electrons. The maximum atomic E-state index is 12.3. The average molecular weight is 462 g/mol. The number of esters is 1. The second kappa shape index (κ2) is 10.5. The third-order valence-corrected chi connectivity index (χ3v) is 6.14. The maximum absolute atomic E-state index is 12.3. The monoisotopic (exact) mass is 461 g/mol. The van der Waals surface area contributed by atoms with Crippen molar-refractivity contribution in [2.75, 3.05) is 13.7 Å². The minimum Gasteiger partial charge on any atom is -0.468 e. The Labute approximate surface area is 180 Å². The van der Waals surface area contributed by atoms with E-state index in [1.54, 1.807) is 11.3 Å². The standard InChI is InChI=1S/C16H16ClNO2S.C3H8O4S/c1-20-16(19)15(12-4-2-3-5-13(12)17)18-8-6-14-11(10-18)7-9-21-14;1-3(2)7-8(4,5)6/h2-5,7,9,15H,6,8,10H2,1H3;3H,1-2H3,(H,4,5,6)/t15-;/m0./s1. The number of rotatable bonds is 5. The van der Waals surface area contributed by atoms with E-state index < -0.39 is 22.5 Å². The molecule has 1 aromatic heterocycles. The molecule has 0 saturated heterocycles. The highest BCUT2D eigenvalue weighted by atomic mass is 35.5. The Kier molecular flexibility index (Phi) is 8.62. The van der Waals surface area contributed by atoms with Gasteiger partial charge in [-0.2, -0.15) is 8.42 Å². The third-order valence-electron chi connectivity index (χ3n) is 4.14. The van der Waals surface area contributed by atoms with Gasteiger partial charge < -0.3 is 4.74 Å². The molecule has 0 aliphatic carbocycles. The minimum absolute atomic E-state index is 0.262. The van der Waals surface area contributed by atoms with E-state index in [0.717, 1.165) is 25.1 Å². The van der Waals surface area contributed by atoms with Crippen LogP contribution in [0.25, 0.3) is 0 Å². The van der Waals surface area contributed by atoms with Crippen LogP contribution in [0, 0.1) is 0 Å². The van der Waals surface area contributed by atoms with Crippen molar-refractivity contribution in [3.05, 3.63) is 56.7 Å². The van der Waals surface area contributed by atoms with Gasteiger partial charge in [-0.1, -0.05) is 29.8 Å². The number of fused-ring (bicyclic) bond motifs is 1. The van der Waals surface area contributed by atoms with Crippen molar-refractivity contribution in [1.29, 1.82) is 0 Å². The molecule has 1 atom stereocenters. The number of hydrogen-bond acceptors (Lipinski definition) is 7. The zero-order chi connectivity index (χ0) is 21.6.